The first-order valence-corrected chi connectivity index (χ1v) is 14.1. The van der Waals surface area contributed by atoms with E-state index in [4.69, 9.17) is 0 Å². The molecule has 192 valence electrons. The summed E-state index contributed by atoms with van der Waals surface area (Å²) in [6, 6.07) is 16.5. The highest BCUT2D eigenvalue weighted by atomic mass is 32.2. The number of hydrogen-bond donors (Lipinski definition) is 1. The van der Waals surface area contributed by atoms with Crippen LogP contribution in [0.3, 0.4) is 0 Å². The van der Waals surface area contributed by atoms with E-state index < -0.39 is 16.1 Å². The van der Waals surface area contributed by atoms with Gasteiger partial charge in [0, 0.05) is 25.6 Å². The number of aryl methyl sites for hydroxylation is 1. The number of nitrogens with one attached hydrogen (secondary N) is 1. The van der Waals surface area contributed by atoms with Crippen molar-refractivity contribution in [3.8, 4) is 0 Å². The lowest BCUT2D eigenvalue weighted by Crippen LogP contribution is -2.50. The Kier molecular flexibility index (Phi) is 10.8. The zero-order valence-electron chi connectivity index (χ0n) is 21.5. The second kappa shape index (κ2) is 13.3. The third kappa shape index (κ3) is 9.02. The normalized spacial score (nSPS) is 13.1. The van der Waals surface area contributed by atoms with Gasteiger partial charge in [-0.2, -0.15) is 0 Å². The SMILES string of the molecule is CC[C@H](C)NC(=O)[C@H](C)N(CCc1ccccc1)C(=O)CCCN(c1ccc(C)cc1)S(C)(=O)=O. The summed E-state index contributed by atoms with van der Waals surface area (Å²) in [4.78, 5) is 27.7. The van der Waals surface area contributed by atoms with Crippen molar-refractivity contribution < 1.29 is 18.0 Å². The van der Waals surface area contributed by atoms with E-state index in [1.807, 2.05) is 63.2 Å². The maximum atomic E-state index is 13.3. The number of anilines is 1. The summed E-state index contributed by atoms with van der Waals surface area (Å²) in [7, 11) is -3.50. The first-order chi connectivity index (χ1) is 16.5. The molecule has 2 atom stereocenters. The minimum atomic E-state index is -3.50. The van der Waals surface area contributed by atoms with Crippen LogP contribution >= 0.6 is 0 Å². The average molecular weight is 502 g/mol. The highest BCUT2D eigenvalue weighted by Crippen LogP contribution is 2.19. The second-order valence-electron chi connectivity index (χ2n) is 9.09. The Morgan fingerprint density at radius 2 is 1.60 bits per heavy atom. The summed E-state index contributed by atoms with van der Waals surface area (Å²) in [6.07, 6.45) is 3.10. The van der Waals surface area contributed by atoms with E-state index in [1.165, 1.54) is 10.6 Å². The fourth-order valence-corrected chi connectivity index (χ4v) is 4.72. The van der Waals surface area contributed by atoms with E-state index in [9.17, 15) is 18.0 Å². The van der Waals surface area contributed by atoms with Gasteiger partial charge in [-0.3, -0.25) is 13.9 Å². The number of amides is 2. The fourth-order valence-electron chi connectivity index (χ4n) is 3.75. The molecule has 2 rings (SSSR count). The van der Waals surface area contributed by atoms with Crippen molar-refractivity contribution in [2.75, 3.05) is 23.7 Å². The van der Waals surface area contributed by atoms with E-state index in [1.54, 1.807) is 24.0 Å². The fraction of sp³-hybridized carbons (Fsp3) is 0.481. The molecule has 8 heteroatoms. The standard InChI is InChI=1S/C27H39N3O4S/c1-6-22(3)28-27(32)23(4)29(20-18-24-11-8-7-9-12-24)26(31)13-10-19-30(35(5,33)34)25-16-14-21(2)15-17-25/h7-9,11-12,14-17,22-23H,6,10,13,18-20H2,1-5H3,(H,28,32)/t22-,23-/m0/s1. The summed E-state index contributed by atoms with van der Waals surface area (Å²) < 4.78 is 26.1. The highest BCUT2D eigenvalue weighted by molar-refractivity contribution is 7.92. The molecule has 0 saturated carbocycles. The van der Waals surface area contributed by atoms with Gasteiger partial charge in [-0.25, -0.2) is 8.42 Å². The van der Waals surface area contributed by atoms with Crippen LogP contribution in [0, 0.1) is 6.92 Å². The van der Waals surface area contributed by atoms with E-state index in [0.717, 1.165) is 17.5 Å². The Morgan fingerprint density at radius 1 is 0.971 bits per heavy atom. The summed E-state index contributed by atoms with van der Waals surface area (Å²) in [5.41, 5.74) is 2.70. The van der Waals surface area contributed by atoms with Crippen molar-refractivity contribution in [3.63, 3.8) is 0 Å². The second-order valence-corrected chi connectivity index (χ2v) is 11.0. The van der Waals surface area contributed by atoms with E-state index in [2.05, 4.69) is 5.32 Å². The predicted octanol–water partition coefficient (Wildman–Crippen LogP) is 3.92. The van der Waals surface area contributed by atoms with E-state index in [0.29, 0.717) is 25.1 Å². The Hall–Kier alpha value is -2.87. The van der Waals surface area contributed by atoms with Crippen LogP contribution in [0.2, 0.25) is 0 Å². The summed E-state index contributed by atoms with van der Waals surface area (Å²) in [5.74, 6) is -0.344. The van der Waals surface area contributed by atoms with Gasteiger partial charge in [0.2, 0.25) is 21.8 Å². The molecule has 2 aromatic rings. The number of carbonyl (C=O) groups is 2. The van der Waals surface area contributed by atoms with Crippen LogP contribution in [-0.4, -0.2) is 56.6 Å². The van der Waals surface area contributed by atoms with Gasteiger partial charge in [-0.05, 0) is 57.7 Å². The third-order valence-corrected chi connectivity index (χ3v) is 7.32. The Bertz CT molecular complexity index is 1060. The molecule has 0 heterocycles. The molecular weight excluding hydrogens is 462 g/mol. The monoisotopic (exact) mass is 501 g/mol. The molecule has 0 aliphatic carbocycles. The molecule has 0 saturated heterocycles. The molecule has 0 aliphatic rings. The zero-order valence-corrected chi connectivity index (χ0v) is 22.3. The molecule has 0 unspecified atom stereocenters. The average Bonchev–Trinajstić information content (AvgIpc) is 2.82. The molecule has 35 heavy (non-hydrogen) atoms. The molecular formula is C27H39N3O4S. The molecule has 0 radical (unpaired) electrons. The summed E-state index contributed by atoms with van der Waals surface area (Å²) in [6.45, 7) is 8.21. The van der Waals surface area contributed by atoms with Crippen LogP contribution in [0.1, 0.15) is 51.2 Å². The maximum Gasteiger partial charge on any atom is 0.242 e. The van der Waals surface area contributed by atoms with Gasteiger partial charge < -0.3 is 10.2 Å². The maximum absolute atomic E-state index is 13.3. The Labute approximate surface area is 210 Å². The zero-order chi connectivity index (χ0) is 26.0. The predicted molar refractivity (Wildman–Crippen MR) is 142 cm³/mol. The first-order valence-electron chi connectivity index (χ1n) is 12.2. The van der Waals surface area contributed by atoms with Crippen molar-refractivity contribution in [3.05, 3.63) is 65.7 Å². The number of sulfonamides is 1. The van der Waals surface area contributed by atoms with Crippen LogP contribution in [0.25, 0.3) is 0 Å². The van der Waals surface area contributed by atoms with Gasteiger partial charge >= 0.3 is 0 Å². The molecule has 0 aromatic heterocycles. The lowest BCUT2D eigenvalue weighted by Gasteiger charge is -2.30. The molecule has 7 nitrogen and oxygen atoms in total. The smallest absolute Gasteiger partial charge is 0.242 e. The van der Waals surface area contributed by atoms with Gasteiger partial charge in [0.15, 0.2) is 0 Å². The van der Waals surface area contributed by atoms with Gasteiger partial charge in [-0.1, -0.05) is 55.0 Å². The van der Waals surface area contributed by atoms with Crippen molar-refractivity contribution >= 4 is 27.5 Å². The Balaban J connectivity index is 2.10. The van der Waals surface area contributed by atoms with Crippen molar-refractivity contribution in [1.29, 1.82) is 0 Å². The number of benzene rings is 2. The van der Waals surface area contributed by atoms with Crippen molar-refractivity contribution in [2.45, 2.75) is 65.5 Å². The van der Waals surface area contributed by atoms with E-state index in [-0.39, 0.29) is 30.8 Å². The van der Waals surface area contributed by atoms with Crippen molar-refractivity contribution in [2.24, 2.45) is 0 Å². The highest BCUT2D eigenvalue weighted by Gasteiger charge is 2.26. The van der Waals surface area contributed by atoms with E-state index >= 15 is 0 Å². The molecule has 1 N–H and O–H groups in total. The van der Waals surface area contributed by atoms with Crippen molar-refractivity contribution in [1.82, 2.24) is 10.2 Å². The Morgan fingerprint density at radius 3 is 2.17 bits per heavy atom. The molecule has 0 bridgehead atoms. The quantitative estimate of drug-likeness (QED) is 0.451. The molecule has 0 spiro atoms. The summed E-state index contributed by atoms with van der Waals surface area (Å²) >= 11 is 0. The molecule has 2 aromatic carbocycles. The van der Waals surface area contributed by atoms with Crippen LogP contribution in [0.5, 0.6) is 0 Å². The minimum Gasteiger partial charge on any atom is -0.352 e. The number of carbonyl (C=O) groups excluding carboxylic acids is 2. The van der Waals surface area contributed by atoms with Crippen LogP contribution in [0.15, 0.2) is 54.6 Å². The summed E-state index contributed by atoms with van der Waals surface area (Å²) in [5, 5.41) is 2.96. The van der Waals surface area contributed by atoms with Crippen LogP contribution in [-0.2, 0) is 26.0 Å². The van der Waals surface area contributed by atoms with Gasteiger partial charge in [0.05, 0.1) is 11.9 Å². The lowest BCUT2D eigenvalue weighted by molar-refractivity contribution is -0.140. The first kappa shape index (κ1) is 28.4. The van der Waals surface area contributed by atoms with Crippen LogP contribution < -0.4 is 9.62 Å². The molecule has 2 amide bonds. The largest absolute Gasteiger partial charge is 0.352 e. The number of hydrogen-bond acceptors (Lipinski definition) is 4. The van der Waals surface area contributed by atoms with Gasteiger partial charge in [0.25, 0.3) is 0 Å². The topological polar surface area (TPSA) is 86.8 Å². The minimum absolute atomic E-state index is 0.0221. The van der Waals surface area contributed by atoms with Gasteiger partial charge in [-0.15, -0.1) is 0 Å². The van der Waals surface area contributed by atoms with Crippen LogP contribution in [0.4, 0.5) is 5.69 Å². The molecule has 0 fully saturated rings. The number of rotatable bonds is 13. The van der Waals surface area contributed by atoms with Gasteiger partial charge in [0.1, 0.15) is 6.04 Å². The molecule has 0 aliphatic heterocycles. The number of nitrogens with zero attached hydrogens (tertiary/aromatic N) is 2. The third-order valence-electron chi connectivity index (χ3n) is 6.13. The lowest BCUT2D eigenvalue weighted by atomic mass is 10.1.